The molecule has 0 atom stereocenters. The number of benzene rings is 1. The maximum atomic E-state index is 13.2. The third-order valence-electron chi connectivity index (χ3n) is 2.20. The van der Waals surface area contributed by atoms with E-state index in [9.17, 15) is 8.78 Å². The Kier molecular flexibility index (Phi) is 2.46. The molecule has 0 amide bonds. The van der Waals surface area contributed by atoms with Gasteiger partial charge in [-0.25, -0.2) is 8.78 Å². The van der Waals surface area contributed by atoms with E-state index in [0.717, 1.165) is 5.56 Å². The normalized spacial score (nSPS) is 10.3. The third kappa shape index (κ3) is 2.01. The summed E-state index contributed by atoms with van der Waals surface area (Å²) in [7, 11) is 0. The molecule has 0 fully saturated rings. The van der Waals surface area contributed by atoms with Gasteiger partial charge in [-0.05, 0) is 30.7 Å². The van der Waals surface area contributed by atoms with E-state index >= 15 is 0 Å². The van der Waals surface area contributed by atoms with Gasteiger partial charge in [0.2, 0.25) is 0 Å². The van der Waals surface area contributed by atoms with Crippen LogP contribution in [0, 0.1) is 18.6 Å². The zero-order chi connectivity index (χ0) is 10.8. The highest BCUT2D eigenvalue weighted by molar-refractivity contribution is 5.62. The van der Waals surface area contributed by atoms with Crippen LogP contribution in [0.1, 0.15) is 5.69 Å². The second-order valence-corrected chi connectivity index (χ2v) is 3.30. The van der Waals surface area contributed by atoms with Crippen molar-refractivity contribution in [1.29, 1.82) is 0 Å². The quantitative estimate of drug-likeness (QED) is 0.695. The summed E-state index contributed by atoms with van der Waals surface area (Å²) in [4.78, 5) is 3.91. The van der Waals surface area contributed by atoms with Gasteiger partial charge in [0.05, 0.1) is 5.69 Å². The van der Waals surface area contributed by atoms with Crippen LogP contribution in [0.5, 0.6) is 0 Å². The molecule has 0 spiro atoms. The summed E-state index contributed by atoms with van der Waals surface area (Å²) in [6, 6.07) is 7.28. The molecule has 1 aromatic heterocycles. The summed E-state index contributed by atoms with van der Waals surface area (Å²) in [5.41, 5.74) is 1.77. The Bertz CT molecular complexity index is 477. The van der Waals surface area contributed by atoms with E-state index in [4.69, 9.17) is 0 Å². The van der Waals surface area contributed by atoms with Crippen molar-refractivity contribution in [2.45, 2.75) is 6.92 Å². The molecule has 0 radical (unpaired) electrons. The summed E-state index contributed by atoms with van der Waals surface area (Å²) >= 11 is 0. The molecule has 2 aromatic rings. The molecule has 15 heavy (non-hydrogen) atoms. The van der Waals surface area contributed by atoms with Gasteiger partial charge in [0, 0.05) is 11.8 Å². The van der Waals surface area contributed by atoms with E-state index in [-0.39, 0.29) is 11.6 Å². The molecule has 1 aromatic carbocycles. The smallest absolute Gasteiger partial charge is 0.145 e. The first-order valence-corrected chi connectivity index (χ1v) is 4.55. The minimum absolute atomic E-state index is 0.306. The monoisotopic (exact) mass is 205 g/mol. The SMILES string of the molecule is Cc1ncc(-c2ccc(F)cc2)cc1F. The van der Waals surface area contributed by atoms with Crippen LogP contribution in [0.25, 0.3) is 11.1 Å². The number of aryl methyl sites for hydroxylation is 1. The lowest BCUT2D eigenvalue weighted by molar-refractivity contribution is 0.610. The van der Waals surface area contributed by atoms with Gasteiger partial charge in [0.1, 0.15) is 11.6 Å². The minimum atomic E-state index is -0.350. The predicted octanol–water partition coefficient (Wildman–Crippen LogP) is 3.34. The van der Waals surface area contributed by atoms with Crippen molar-refractivity contribution in [3.05, 3.63) is 53.9 Å². The average Bonchev–Trinajstić information content (AvgIpc) is 2.23. The van der Waals surface area contributed by atoms with Gasteiger partial charge in [0.25, 0.3) is 0 Å². The van der Waals surface area contributed by atoms with Gasteiger partial charge in [0.15, 0.2) is 0 Å². The number of halogens is 2. The molecule has 1 nitrogen and oxygen atoms in total. The lowest BCUT2D eigenvalue weighted by Crippen LogP contribution is -1.89. The molecule has 1 heterocycles. The standard InChI is InChI=1S/C12H9F2N/c1-8-12(14)6-10(7-15-8)9-2-4-11(13)5-3-9/h2-7H,1H3. The summed E-state index contributed by atoms with van der Waals surface area (Å²) in [6.45, 7) is 1.60. The topological polar surface area (TPSA) is 12.9 Å². The summed E-state index contributed by atoms with van der Waals surface area (Å²) in [5, 5.41) is 0. The number of rotatable bonds is 1. The van der Waals surface area contributed by atoms with Crippen LogP contribution in [0.3, 0.4) is 0 Å². The minimum Gasteiger partial charge on any atom is -0.258 e. The maximum absolute atomic E-state index is 13.2. The zero-order valence-electron chi connectivity index (χ0n) is 8.17. The van der Waals surface area contributed by atoms with Gasteiger partial charge in [-0.2, -0.15) is 0 Å². The molecule has 0 saturated heterocycles. The van der Waals surface area contributed by atoms with Crippen molar-refractivity contribution in [2.75, 3.05) is 0 Å². The van der Waals surface area contributed by atoms with Gasteiger partial charge < -0.3 is 0 Å². The molecular formula is C12H9F2N. The Morgan fingerprint density at radius 3 is 2.27 bits per heavy atom. The first kappa shape index (κ1) is 9.77. The van der Waals surface area contributed by atoms with Crippen molar-refractivity contribution in [1.82, 2.24) is 4.98 Å². The molecule has 0 aliphatic rings. The van der Waals surface area contributed by atoms with Gasteiger partial charge >= 0.3 is 0 Å². The summed E-state index contributed by atoms with van der Waals surface area (Å²) < 4.78 is 25.9. The Morgan fingerprint density at radius 2 is 1.67 bits per heavy atom. The van der Waals surface area contributed by atoms with E-state index in [2.05, 4.69) is 4.98 Å². The van der Waals surface area contributed by atoms with Crippen LogP contribution < -0.4 is 0 Å². The first-order valence-electron chi connectivity index (χ1n) is 4.55. The molecule has 0 bridgehead atoms. The van der Waals surface area contributed by atoms with E-state index in [1.165, 1.54) is 18.2 Å². The largest absolute Gasteiger partial charge is 0.258 e. The Labute approximate surface area is 86.4 Å². The van der Waals surface area contributed by atoms with Crippen molar-refractivity contribution in [2.24, 2.45) is 0 Å². The van der Waals surface area contributed by atoms with Crippen LogP contribution in [-0.4, -0.2) is 4.98 Å². The zero-order valence-corrected chi connectivity index (χ0v) is 8.17. The van der Waals surface area contributed by atoms with E-state index < -0.39 is 0 Å². The molecule has 0 saturated carbocycles. The number of pyridine rings is 1. The third-order valence-corrected chi connectivity index (χ3v) is 2.20. The van der Waals surface area contributed by atoms with Crippen molar-refractivity contribution < 1.29 is 8.78 Å². The number of hydrogen-bond acceptors (Lipinski definition) is 1. The average molecular weight is 205 g/mol. The van der Waals surface area contributed by atoms with Crippen molar-refractivity contribution >= 4 is 0 Å². The second-order valence-electron chi connectivity index (χ2n) is 3.30. The highest BCUT2D eigenvalue weighted by Gasteiger charge is 2.03. The molecule has 0 unspecified atom stereocenters. The lowest BCUT2D eigenvalue weighted by Gasteiger charge is -2.02. The first-order chi connectivity index (χ1) is 7.16. The van der Waals surface area contributed by atoms with Crippen molar-refractivity contribution in [3.8, 4) is 11.1 Å². The van der Waals surface area contributed by atoms with Gasteiger partial charge in [-0.3, -0.25) is 4.98 Å². The fourth-order valence-corrected chi connectivity index (χ4v) is 1.31. The van der Waals surface area contributed by atoms with Crippen LogP contribution in [0.2, 0.25) is 0 Å². The lowest BCUT2D eigenvalue weighted by atomic mass is 10.1. The molecule has 2 rings (SSSR count). The second kappa shape index (κ2) is 3.77. The number of aromatic nitrogens is 1. The van der Waals surface area contributed by atoms with Crippen LogP contribution in [0.4, 0.5) is 8.78 Å². The van der Waals surface area contributed by atoms with E-state index in [0.29, 0.717) is 11.3 Å². The Hall–Kier alpha value is -1.77. The molecular weight excluding hydrogens is 196 g/mol. The molecule has 3 heteroatoms. The Morgan fingerprint density at radius 1 is 1.00 bits per heavy atom. The van der Waals surface area contributed by atoms with Crippen LogP contribution in [0.15, 0.2) is 36.5 Å². The van der Waals surface area contributed by atoms with E-state index in [1.54, 1.807) is 25.3 Å². The number of hydrogen-bond donors (Lipinski definition) is 0. The van der Waals surface area contributed by atoms with Gasteiger partial charge in [-0.15, -0.1) is 0 Å². The van der Waals surface area contributed by atoms with E-state index in [1.807, 2.05) is 0 Å². The van der Waals surface area contributed by atoms with Crippen LogP contribution in [-0.2, 0) is 0 Å². The molecule has 0 N–H and O–H groups in total. The summed E-state index contributed by atoms with van der Waals surface area (Å²) in [6.07, 6.45) is 1.58. The van der Waals surface area contributed by atoms with Crippen LogP contribution >= 0.6 is 0 Å². The fraction of sp³-hybridized carbons (Fsp3) is 0.0833. The van der Waals surface area contributed by atoms with Crippen molar-refractivity contribution in [3.63, 3.8) is 0 Å². The highest BCUT2D eigenvalue weighted by atomic mass is 19.1. The fourth-order valence-electron chi connectivity index (χ4n) is 1.31. The molecule has 76 valence electrons. The highest BCUT2D eigenvalue weighted by Crippen LogP contribution is 2.20. The summed E-state index contributed by atoms with van der Waals surface area (Å²) in [5.74, 6) is -0.656. The predicted molar refractivity (Wildman–Crippen MR) is 54.3 cm³/mol. The Balaban J connectivity index is 2.45. The van der Waals surface area contributed by atoms with Gasteiger partial charge in [-0.1, -0.05) is 12.1 Å². The molecule has 0 aliphatic heterocycles. The maximum Gasteiger partial charge on any atom is 0.145 e. The molecule has 0 aliphatic carbocycles. The number of nitrogens with zero attached hydrogens (tertiary/aromatic N) is 1.